The van der Waals surface area contributed by atoms with Crippen LogP contribution in [0, 0.1) is 0 Å². The zero-order valence-corrected chi connectivity index (χ0v) is 9.35. The van der Waals surface area contributed by atoms with E-state index in [1.165, 1.54) is 4.90 Å². The van der Waals surface area contributed by atoms with Crippen molar-refractivity contribution in [3.8, 4) is 0 Å². The van der Waals surface area contributed by atoms with E-state index >= 15 is 0 Å². The maximum absolute atomic E-state index is 11.7. The number of carbonyl (C=O) groups is 1. The summed E-state index contributed by atoms with van der Waals surface area (Å²) in [5, 5.41) is 18.6. The van der Waals surface area contributed by atoms with Crippen LogP contribution >= 0.6 is 15.9 Å². The summed E-state index contributed by atoms with van der Waals surface area (Å²) in [6, 6.07) is 3.17. The Kier molecular flexibility index (Phi) is 2.81. The van der Waals surface area contributed by atoms with Gasteiger partial charge in [-0.2, -0.15) is 0 Å². The van der Waals surface area contributed by atoms with Crippen LogP contribution in [0.3, 0.4) is 0 Å². The fourth-order valence-electron chi connectivity index (χ4n) is 1.52. The third kappa shape index (κ3) is 2.06. The molecule has 1 amide bonds. The Balaban J connectivity index is 2.10. The number of likely N-dealkylation sites (tertiary alicyclic amines) is 1. The zero-order chi connectivity index (χ0) is 11.0. The SMILES string of the molecule is O=C(c1ccc(Br)o1)N1CC(O)C(O)C1. The summed E-state index contributed by atoms with van der Waals surface area (Å²) in [5.41, 5.74) is 0. The van der Waals surface area contributed by atoms with Crippen molar-refractivity contribution >= 4 is 21.8 Å². The number of furan rings is 1. The van der Waals surface area contributed by atoms with E-state index in [9.17, 15) is 15.0 Å². The van der Waals surface area contributed by atoms with Crippen molar-refractivity contribution in [2.24, 2.45) is 0 Å². The van der Waals surface area contributed by atoms with Crippen LogP contribution in [-0.4, -0.2) is 46.3 Å². The number of aliphatic hydroxyl groups excluding tert-OH is 2. The van der Waals surface area contributed by atoms with Gasteiger partial charge in [0.2, 0.25) is 0 Å². The summed E-state index contributed by atoms with van der Waals surface area (Å²) in [5.74, 6) is -0.125. The van der Waals surface area contributed by atoms with Crippen LogP contribution in [-0.2, 0) is 0 Å². The maximum Gasteiger partial charge on any atom is 0.289 e. The van der Waals surface area contributed by atoms with E-state index in [2.05, 4.69) is 15.9 Å². The molecule has 0 bridgehead atoms. The van der Waals surface area contributed by atoms with E-state index in [0.717, 1.165) is 0 Å². The Hall–Kier alpha value is -0.850. The highest BCUT2D eigenvalue weighted by Gasteiger charge is 2.33. The molecule has 2 N–H and O–H groups in total. The molecule has 2 unspecified atom stereocenters. The third-order valence-corrected chi connectivity index (χ3v) is 2.76. The topological polar surface area (TPSA) is 73.9 Å². The van der Waals surface area contributed by atoms with E-state index < -0.39 is 12.2 Å². The first-order chi connectivity index (χ1) is 7.08. The fraction of sp³-hybridized carbons (Fsp3) is 0.444. The molecular formula is C9H10BrNO4. The number of halogens is 1. The standard InChI is InChI=1S/C9H10BrNO4/c10-8-2-1-7(15-8)9(14)11-3-5(12)6(13)4-11/h1-2,5-6,12-13H,3-4H2. The van der Waals surface area contributed by atoms with Crippen molar-refractivity contribution in [1.29, 1.82) is 0 Å². The third-order valence-electron chi connectivity index (χ3n) is 2.33. The lowest BCUT2D eigenvalue weighted by molar-refractivity contribution is 0.0572. The quantitative estimate of drug-likeness (QED) is 0.769. The number of carbonyl (C=O) groups excluding carboxylic acids is 1. The molecule has 0 radical (unpaired) electrons. The van der Waals surface area contributed by atoms with Gasteiger partial charge in [0.05, 0.1) is 12.2 Å². The van der Waals surface area contributed by atoms with Gasteiger partial charge in [-0.15, -0.1) is 0 Å². The lowest BCUT2D eigenvalue weighted by Crippen LogP contribution is -2.29. The number of rotatable bonds is 1. The number of hydrogen-bond donors (Lipinski definition) is 2. The number of amides is 1. The summed E-state index contributed by atoms with van der Waals surface area (Å²) in [6.45, 7) is 0.274. The molecule has 6 heteroatoms. The zero-order valence-electron chi connectivity index (χ0n) is 7.76. The Morgan fingerprint density at radius 1 is 1.40 bits per heavy atom. The Bertz CT molecular complexity index is 368. The summed E-state index contributed by atoms with van der Waals surface area (Å²) >= 11 is 3.10. The molecule has 1 saturated heterocycles. The van der Waals surface area contributed by atoms with Gasteiger partial charge in [-0.1, -0.05) is 0 Å². The van der Waals surface area contributed by atoms with Crippen LogP contribution < -0.4 is 0 Å². The van der Waals surface area contributed by atoms with Gasteiger partial charge in [-0.3, -0.25) is 4.79 Å². The molecule has 1 aliphatic heterocycles. The Morgan fingerprint density at radius 3 is 2.47 bits per heavy atom. The molecule has 0 aliphatic carbocycles. The van der Waals surface area contributed by atoms with E-state index in [0.29, 0.717) is 4.67 Å². The molecule has 1 aromatic heterocycles. The molecule has 82 valence electrons. The molecule has 2 heterocycles. The number of β-amino-alcohol motifs (C(OH)–C–C–N with tert-alkyl or cyclic N) is 2. The van der Waals surface area contributed by atoms with Crippen LogP contribution in [0.5, 0.6) is 0 Å². The van der Waals surface area contributed by atoms with Crippen LogP contribution in [0.2, 0.25) is 0 Å². The van der Waals surface area contributed by atoms with Crippen molar-refractivity contribution in [3.63, 3.8) is 0 Å². The van der Waals surface area contributed by atoms with Crippen LogP contribution in [0.25, 0.3) is 0 Å². The highest BCUT2D eigenvalue weighted by molar-refractivity contribution is 9.10. The molecule has 0 spiro atoms. The first-order valence-corrected chi connectivity index (χ1v) is 5.28. The van der Waals surface area contributed by atoms with E-state index in [1.807, 2.05) is 0 Å². The first kappa shape index (κ1) is 10.7. The van der Waals surface area contributed by atoms with Crippen LogP contribution in [0.15, 0.2) is 21.2 Å². The van der Waals surface area contributed by atoms with E-state index in [4.69, 9.17) is 4.42 Å². The van der Waals surface area contributed by atoms with Crippen molar-refractivity contribution in [3.05, 3.63) is 22.6 Å². The predicted octanol–water partition coefficient (Wildman–Crippen LogP) is 0.220. The average molecular weight is 276 g/mol. The minimum Gasteiger partial charge on any atom is -0.444 e. The lowest BCUT2D eigenvalue weighted by Gasteiger charge is -2.12. The minimum absolute atomic E-state index is 0.137. The number of hydrogen-bond acceptors (Lipinski definition) is 4. The molecule has 15 heavy (non-hydrogen) atoms. The average Bonchev–Trinajstić information content (AvgIpc) is 2.74. The van der Waals surface area contributed by atoms with Gasteiger partial charge >= 0.3 is 0 Å². The second kappa shape index (κ2) is 3.96. The monoisotopic (exact) mass is 275 g/mol. The number of nitrogens with zero attached hydrogens (tertiary/aromatic N) is 1. The Labute approximate surface area is 94.4 Å². The normalized spacial score (nSPS) is 25.9. The lowest BCUT2D eigenvalue weighted by atomic mass is 10.3. The Morgan fingerprint density at radius 2 is 2.00 bits per heavy atom. The summed E-state index contributed by atoms with van der Waals surface area (Å²) in [7, 11) is 0. The van der Waals surface area contributed by atoms with Gasteiger partial charge in [0.15, 0.2) is 10.4 Å². The van der Waals surface area contributed by atoms with Gasteiger partial charge in [0, 0.05) is 13.1 Å². The summed E-state index contributed by atoms with van der Waals surface area (Å²) in [4.78, 5) is 13.1. The van der Waals surface area contributed by atoms with Crippen molar-refractivity contribution in [2.75, 3.05) is 13.1 Å². The maximum atomic E-state index is 11.7. The second-order valence-corrected chi connectivity index (χ2v) is 4.23. The molecular weight excluding hydrogens is 266 g/mol. The molecule has 5 nitrogen and oxygen atoms in total. The van der Waals surface area contributed by atoms with Gasteiger partial charge < -0.3 is 19.5 Å². The molecule has 2 rings (SSSR count). The van der Waals surface area contributed by atoms with Gasteiger partial charge in [0.25, 0.3) is 5.91 Å². The molecule has 0 saturated carbocycles. The first-order valence-electron chi connectivity index (χ1n) is 4.48. The smallest absolute Gasteiger partial charge is 0.289 e. The molecule has 1 aliphatic rings. The largest absolute Gasteiger partial charge is 0.444 e. The van der Waals surface area contributed by atoms with E-state index in [-0.39, 0.29) is 24.8 Å². The van der Waals surface area contributed by atoms with Crippen molar-refractivity contribution < 1.29 is 19.4 Å². The molecule has 2 atom stereocenters. The van der Waals surface area contributed by atoms with Crippen LogP contribution in [0.4, 0.5) is 0 Å². The molecule has 1 fully saturated rings. The highest BCUT2D eigenvalue weighted by Crippen LogP contribution is 2.18. The predicted molar refractivity (Wildman–Crippen MR) is 54.3 cm³/mol. The minimum atomic E-state index is -0.868. The molecule has 0 aromatic carbocycles. The molecule has 1 aromatic rings. The fourth-order valence-corrected chi connectivity index (χ4v) is 1.83. The van der Waals surface area contributed by atoms with Gasteiger partial charge in [0.1, 0.15) is 0 Å². The summed E-state index contributed by atoms with van der Waals surface area (Å²) < 4.78 is 5.57. The van der Waals surface area contributed by atoms with E-state index in [1.54, 1.807) is 12.1 Å². The summed E-state index contributed by atoms with van der Waals surface area (Å²) in [6.07, 6.45) is -1.74. The van der Waals surface area contributed by atoms with Crippen LogP contribution in [0.1, 0.15) is 10.6 Å². The van der Waals surface area contributed by atoms with Crippen molar-refractivity contribution in [2.45, 2.75) is 12.2 Å². The highest BCUT2D eigenvalue weighted by atomic mass is 79.9. The number of aliphatic hydroxyl groups is 2. The van der Waals surface area contributed by atoms with Crippen molar-refractivity contribution in [1.82, 2.24) is 4.90 Å². The van der Waals surface area contributed by atoms with Gasteiger partial charge in [-0.05, 0) is 28.1 Å². The van der Waals surface area contributed by atoms with Gasteiger partial charge in [-0.25, -0.2) is 0 Å². The second-order valence-electron chi connectivity index (χ2n) is 3.45.